The van der Waals surface area contributed by atoms with Crippen LogP contribution in [0.4, 0.5) is 11.6 Å². The Bertz CT molecular complexity index is 1550. The molecule has 0 radical (unpaired) electrons. The summed E-state index contributed by atoms with van der Waals surface area (Å²) < 4.78 is 31.2. The molecule has 3 heterocycles. The highest BCUT2D eigenvalue weighted by Gasteiger charge is 2.25. The first kappa shape index (κ1) is 24.8. The van der Waals surface area contributed by atoms with Crippen molar-refractivity contribution in [1.29, 1.82) is 0 Å². The highest BCUT2D eigenvalue weighted by molar-refractivity contribution is 7.92. The molecule has 12 heteroatoms. The minimum atomic E-state index is -3.38. The molecule has 0 spiro atoms. The molecule has 0 atom stereocenters. The van der Waals surface area contributed by atoms with Gasteiger partial charge in [-0.2, -0.15) is 4.98 Å². The molecule has 5 rings (SSSR count). The summed E-state index contributed by atoms with van der Waals surface area (Å²) in [6, 6.07) is 15.8. The summed E-state index contributed by atoms with van der Waals surface area (Å²) in [5.41, 5.74) is 1.67. The quantitative estimate of drug-likeness (QED) is 0.315. The molecule has 1 amide bonds. The van der Waals surface area contributed by atoms with Crippen LogP contribution in [-0.4, -0.2) is 59.6 Å². The summed E-state index contributed by atoms with van der Waals surface area (Å²) in [5.74, 6) is 1.24. The molecular formula is C25H25ClN6O4S. The summed E-state index contributed by atoms with van der Waals surface area (Å²) in [6.45, 7) is 1.14. The Kier molecular flexibility index (Phi) is 6.90. The average molecular weight is 541 g/mol. The van der Waals surface area contributed by atoms with Crippen LogP contribution in [0.5, 0.6) is 11.6 Å². The number of likely N-dealkylation sites (tertiary alicyclic amines) is 1. The molecule has 10 nitrogen and oxygen atoms in total. The van der Waals surface area contributed by atoms with Gasteiger partial charge in [-0.15, -0.1) is 0 Å². The number of nitrogens with zero attached hydrogens (tertiary/aromatic N) is 3. The van der Waals surface area contributed by atoms with Gasteiger partial charge in [0.05, 0.1) is 11.3 Å². The SMILES string of the molecule is CS(=O)(=O)Nc1ccc2[nH]c(C(=O)N3CCC(Nc4nccc(Oc5ccccc5Cl)n4)CC3)cc2c1. The normalized spacial score (nSPS) is 14.5. The molecule has 3 N–H and O–H groups in total. The predicted octanol–water partition coefficient (Wildman–Crippen LogP) is 4.49. The Morgan fingerprint density at radius 2 is 1.92 bits per heavy atom. The van der Waals surface area contributed by atoms with Crippen molar-refractivity contribution in [1.82, 2.24) is 19.9 Å². The monoisotopic (exact) mass is 540 g/mol. The zero-order valence-electron chi connectivity index (χ0n) is 19.9. The topological polar surface area (TPSA) is 129 Å². The van der Waals surface area contributed by atoms with Gasteiger partial charge in [-0.1, -0.05) is 23.7 Å². The fourth-order valence-electron chi connectivity index (χ4n) is 4.21. The number of hydrogen-bond donors (Lipinski definition) is 3. The van der Waals surface area contributed by atoms with Crippen molar-refractivity contribution in [2.24, 2.45) is 0 Å². The van der Waals surface area contributed by atoms with E-state index in [0.717, 1.165) is 30.0 Å². The smallest absolute Gasteiger partial charge is 0.270 e. The van der Waals surface area contributed by atoms with Gasteiger partial charge < -0.3 is 19.9 Å². The minimum absolute atomic E-state index is 0.0985. The molecule has 1 fully saturated rings. The maximum absolute atomic E-state index is 13.1. The minimum Gasteiger partial charge on any atom is -0.437 e. The van der Waals surface area contributed by atoms with Crippen molar-refractivity contribution in [3.63, 3.8) is 0 Å². The number of aromatic nitrogens is 3. The third kappa shape index (κ3) is 6.12. The fraction of sp³-hybridized carbons (Fsp3) is 0.240. The molecule has 1 aliphatic rings. The standard InChI is InChI=1S/C25H25ClN6O4S/c1-37(34,35)31-18-6-7-20-16(14-18)15-21(29-20)24(33)32-12-9-17(10-13-32)28-25-27-11-8-23(30-25)36-22-5-3-2-4-19(22)26/h2-8,11,14-15,17,29,31H,9-10,12-13H2,1H3,(H,27,28,30). The van der Waals surface area contributed by atoms with Crippen molar-refractivity contribution < 1.29 is 17.9 Å². The number of piperidine rings is 1. The van der Waals surface area contributed by atoms with E-state index in [1.54, 1.807) is 53.6 Å². The molecule has 2 aromatic carbocycles. The summed E-state index contributed by atoms with van der Waals surface area (Å²) in [4.78, 5) is 26.8. The van der Waals surface area contributed by atoms with Gasteiger partial charge in [0, 0.05) is 48.0 Å². The fourth-order valence-corrected chi connectivity index (χ4v) is 4.94. The lowest BCUT2D eigenvalue weighted by Crippen LogP contribution is -2.42. The zero-order valence-corrected chi connectivity index (χ0v) is 21.5. The van der Waals surface area contributed by atoms with E-state index in [4.69, 9.17) is 16.3 Å². The van der Waals surface area contributed by atoms with E-state index in [9.17, 15) is 13.2 Å². The molecule has 0 bridgehead atoms. The number of ether oxygens (including phenoxy) is 1. The van der Waals surface area contributed by atoms with Crippen molar-refractivity contribution in [3.8, 4) is 11.6 Å². The number of rotatable bonds is 7. The van der Waals surface area contributed by atoms with Crippen LogP contribution in [-0.2, 0) is 10.0 Å². The number of aromatic amines is 1. The third-order valence-electron chi connectivity index (χ3n) is 5.95. The number of carbonyl (C=O) groups is 1. The number of fused-ring (bicyclic) bond motifs is 1. The first-order valence-electron chi connectivity index (χ1n) is 11.7. The zero-order chi connectivity index (χ0) is 26.0. The first-order chi connectivity index (χ1) is 17.7. The Balaban J connectivity index is 1.19. The van der Waals surface area contributed by atoms with Crippen LogP contribution in [0.25, 0.3) is 10.9 Å². The van der Waals surface area contributed by atoms with Gasteiger partial charge in [0.2, 0.25) is 21.9 Å². The van der Waals surface area contributed by atoms with Crippen molar-refractivity contribution in [3.05, 3.63) is 71.5 Å². The lowest BCUT2D eigenvalue weighted by molar-refractivity contribution is 0.0713. The molecule has 2 aromatic heterocycles. The number of benzene rings is 2. The van der Waals surface area contributed by atoms with E-state index in [1.807, 2.05) is 12.1 Å². The summed E-state index contributed by atoms with van der Waals surface area (Å²) >= 11 is 6.16. The Hall–Kier alpha value is -3.83. The van der Waals surface area contributed by atoms with Gasteiger partial charge in [-0.3, -0.25) is 9.52 Å². The molecular weight excluding hydrogens is 516 g/mol. The van der Waals surface area contributed by atoms with Crippen molar-refractivity contribution in [2.45, 2.75) is 18.9 Å². The van der Waals surface area contributed by atoms with E-state index in [0.29, 0.717) is 47.1 Å². The number of halogens is 1. The molecule has 192 valence electrons. The number of sulfonamides is 1. The second-order valence-electron chi connectivity index (χ2n) is 8.82. The average Bonchev–Trinajstić information content (AvgIpc) is 3.28. The highest BCUT2D eigenvalue weighted by Crippen LogP contribution is 2.28. The van der Waals surface area contributed by atoms with E-state index in [2.05, 4.69) is 25.0 Å². The maximum atomic E-state index is 13.1. The molecule has 1 aliphatic heterocycles. The van der Waals surface area contributed by atoms with Crippen LogP contribution in [0.2, 0.25) is 5.02 Å². The van der Waals surface area contributed by atoms with Crippen LogP contribution >= 0.6 is 11.6 Å². The van der Waals surface area contributed by atoms with Gasteiger partial charge in [-0.05, 0) is 49.2 Å². The Labute approximate surface area is 219 Å². The van der Waals surface area contributed by atoms with Gasteiger partial charge in [0.25, 0.3) is 5.91 Å². The van der Waals surface area contributed by atoms with E-state index in [1.165, 1.54) is 0 Å². The number of nitrogens with one attached hydrogen (secondary N) is 3. The summed E-state index contributed by atoms with van der Waals surface area (Å²) in [7, 11) is -3.38. The maximum Gasteiger partial charge on any atom is 0.270 e. The number of para-hydroxylation sites is 1. The Morgan fingerprint density at radius 1 is 1.14 bits per heavy atom. The molecule has 1 saturated heterocycles. The summed E-state index contributed by atoms with van der Waals surface area (Å²) in [6.07, 6.45) is 4.17. The highest BCUT2D eigenvalue weighted by atomic mass is 35.5. The van der Waals surface area contributed by atoms with E-state index >= 15 is 0 Å². The van der Waals surface area contributed by atoms with Crippen LogP contribution in [0.15, 0.2) is 60.8 Å². The number of anilines is 2. The number of hydrogen-bond acceptors (Lipinski definition) is 7. The molecule has 0 aliphatic carbocycles. The number of amides is 1. The van der Waals surface area contributed by atoms with Gasteiger partial charge in [0.15, 0.2) is 0 Å². The predicted molar refractivity (Wildman–Crippen MR) is 143 cm³/mol. The molecule has 0 unspecified atom stereocenters. The molecule has 0 saturated carbocycles. The Morgan fingerprint density at radius 3 is 2.68 bits per heavy atom. The van der Waals surface area contributed by atoms with Crippen LogP contribution in [0.3, 0.4) is 0 Å². The van der Waals surface area contributed by atoms with Gasteiger partial charge in [-0.25, -0.2) is 13.4 Å². The lowest BCUT2D eigenvalue weighted by atomic mass is 10.0. The molecule has 4 aromatic rings. The number of carbonyl (C=O) groups excluding carboxylic acids is 1. The van der Waals surface area contributed by atoms with Crippen LogP contribution in [0.1, 0.15) is 23.3 Å². The lowest BCUT2D eigenvalue weighted by Gasteiger charge is -2.32. The second-order valence-corrected chi connectivity index (χ2v) is 11.0. The third-order valence-corrected chi connectivity index (χ3v) is 6.87. The van der Waals surface area contributed by atoms with Crippen molar-refractivity contribution in [2.75, 3.05) is 29.4 Å². The largest absolute Gasteiger partial charge is 0.437 e. The van der Waals surface area contributed by atoms with Gasteiger partial charge >= 0.3 is 0 Å². The number of H-pyrrole nitrogens is 1. The van der Waals surface area contributed by atoms with E-state index < -0.39 is 10.0 Å². The first-order valence-corrected chi connectivity index (χ1v) is 13.9. The summed E-state index contributed by atoms with van der Waals surface area (Å²) in [5, 5.41) is 4.58. The second kappa shape index (κ2) is 10.3. The molecule has 37 heavy (non-hydrogen) atoms. The van der Waals surface area contributed by atoms with E-state index in [-0.39, 0.29) is 11.9 Å². The van der Waals surface area contributed by atoms with Gasteiger partial charge in [0.1, 0.15) is 11.4 Å². The van der Waals surface area contributed by atoms with Crippen LogP contribution in [0, 0.1) is 0 Å². The van der Waals surface area contributed by atoms with Crippen molar-refractivity contribution >= 4 is 50.1 Å². The van der Waals surface area contributed by atoms with Crippen LogP contribution < -0.4 is 14.8 Å².